The second kappa shape index (κ2) is 13.5. The number of anilines is 1. The van der Waals surface area contributed by atoms with Gasteiger partial charge >= 0.3 is 18.1 Å². The van der Waals surface area contributed by atoms with Gasteiger partial charge in [-0.1, -0.05) is 36.4 Å². The topological polar surface area (TPSA) is 157 Å². The Labute approximate surface area is 213 Å². The van der Waals surface area contributed by atoms with Crippen LogP contribution in [0.3, 0.4) is 0 Å². The summed E-state index contributed by atoms with van der Waals surface area (Å²) in [6.07, 6.45) is -0.643. The molecule has 5 amide bonds. The number of piperazine rings is 1. The van der Waals surface area contributed by atoms with Crippen molar-refractivity contribution in [1.29, 1.82) is 0 Å². The van der Waals surface area contributed by atoms with Crippen molar-refractivity contribution in [2.45, 2.75) is 13.0 Å². The third kappa shape index (κ3) is 8.84. The highest BCUT2D eigenvalue weighted by Crippen LogP contribution is 2.11. The van der Waals surface area contributed by atoms with Crippen molar-refractivity contribution in [3.05, 3.63) is 65.7 Å². The molecule has 12 nitrogen and oxygen atoms in total. The molecule has 2 aromatic rings. The number of hydrogen-bond donors (Lipinski definition) is 4. The van der Waals surface area contributed by atoms with E-state index in [0.717, 1.165) is 5.56 Å². The van der Waals surface area contributed by atoms with Gasteiger partial charge < -0.3 is 35.6 Å². The van der Waals surface area contributed by atoms with Gasteiger partial charge in [0.2, 0.25) is 5.91 Å². The Morgan fingerprint density at radius 2 is 1.57 bits per heavy atom. The number of nitrogens with zero attached hydrogens (tertiary/aromatic N) is 2. The van der Waals surface area contributed by atoms with E-state index in [9.17, 15) is 24.0 Å². The number of aliphatic carboxylic acids is 1. The van der Waals surface area contributed by atoms with Gasteiger partial charge in [0.25, 0.3) is 5.91 Å². The minimum atomic E-state index is -1.02. The van der Waals surface area contributed by atoms with Crippen LogP contribution in [-0.4, -0.2) is 84.1 Å². The van der Waals surface area contributed by atoms with Crippen molar-refractivity contribution in [3.8, 4) is 0 Å². The van der Waals surface area contributed by atoms with Crippen LogP contribution in [0.5, 0.6) is 0 Å². The molecular formula is C25H29N5O7. The second-order valence-corrected chi connectivity index (χ2v) is 8.20. The highest BCUT2D eigenvalue weighted by atomic mass is 16.6. The van der Waals surface area contributed by atoms with Crippen LogP contribution in [0.15, 0.2) is 54.6 Å². The van der Waals surface area contributed by atoms with Crippen molar-refractivity contribution in [2.75, 3.05) is 44.6 Å². The zero-order chi connectivity index (χ0) is 26.6. The fourth-order valence-electron chi connectivity index (χ4n) is 3.50. The number of hydrogen-bond acceptors (Lipinski definition) is 6. The summed E-state index contributed by atoms with van der Waals surface area (Å²) in [5.41, 5.74) is 1.50. The normalized spacial score (nSPS) is 12.9. The molecule has 2 aromatic carbocycles. The van der Waals surface area contributed by atoms with Crippen LogP contribution in [0.1, 0.15) is 22.3 Å². The summed E-state index contributed by atoms with van der Waals surface area (Å²) in [5.74, 6) is -1.97. The van der Waals surface area contributed by atoms with Crippen LogP contribution in [0.4, 0.5) is 15.3 Å². The van der Waals surface area contributed by atoms with Crippen molar-refractivity contribution >= 4 is 35.6 Å². The molecular weight excluding hydrogens is 482 g/mol. The molecule has 0 spiro atoms. The third-order valence-electron chi connectivity index (χ3n) is 5.46. The van der Waals surface area contributed by atoms with Crippen LogP contribution < -0.4 is 16.0 Å². The molecule has 1 aliphatic heterocycles. The molecule has 1 heterocycles. The zero-order valence-electron chi connectivity index (χ0n) is 20.1. The summed E-state index contributed by atoms with van der Waals surface area (Å²) < 4.78 is 5.32. The predicted molar refractivity (Wildman–Crippen MR) is 133 cm³/mol. The Morgan fingerprint density at radius 1 is 0.865 bits per heavy atom. The quantitative estimate of drug-likeness (QED) is 0.397. The monoisotopic (exact) mass is 511 g/mol. The largest absolute Gasteiger partial charge is 0.481 e. The van der Waals surface area contributed by atoms with Crippen LogP contribution in [0.25, 0.3) is 0 Å². The van der Waals surface area contributed by atoms with Gasteiger partial charge in [-0.2, -0.15) is 0 Å². The first-order valence-corrected chi connectivity index (χ1v) is 11.7. The zero-order valence-corrected chi connectivity index (χ0v) is 20.1. The third-order valence-corrected chi connectivity index (χ3v) is 5.46. The second-order valence-electron chi connectivity index (χ2n) is 8.20. The van der Waals surface area contributed by atoms with Crippen molar-refractivity contribution in [3.63, 3.8) is 0 Å². The average molecular weight is 512 g/mol. The number of carboxylic acids is 1. The molecule has 0 unspecified atom stereocenters. The number of nitrogens with one attached hydrogen (secondary N) is 3. The van der Waals surface area contributed by atoms with E-state index in [-0.39, 0.29) is 31.7 Å². The van der Waals surface area contributed by atoms with Crippen LogP contribution in [0, 0.1) is 0 Å². The van der Waals surface area contributed by atoms with Crippen LogP contribution in [-0.2, 0) is 20.9 Å². The number of carbonyl (C=O) groups excluding carboxylic acids is 4. The maximum absolute atomic E-state index is 12.4. The highest BCUT2D eigenvalue weighted by Gasteiger charge is 2.25. The number of benzene rings is 2. The number of carbonyl (C=O) groups is 5. The first kappa shape index (κ1) is 27.0. The Morgan fingerprint density at radius 3 is 2.27 bits per heavy atom. The molecule has 0 aliphatic carbocycles. The van der Waals surface area contributed by atoms with E-state index in [0.29, 0.717) is 31.9 Å². The molecule has 196 valence electrons. The molecule has 0 aromatic heterocycles. The lowest BCUT2D eigenvalue weighted by Gasteiger charge is -2.34. The number of urea groups is 1. The lowest BCUT2D eigenvalue weighted by molar-refractivity contribution is -0.136. The van der Waals surface area contributed by atoms with Gasteiger partial charge in [0, 0.05) is 44.0 Å². The fourth-order valence-corrected chi connectivity index (χ4v) is 3.50. The molecule has 12 heteroatoms. The maximum Gasteiger partial charge on any atom is 0.410 e. The maximum atomic E-state index is 12.4. The lowest BCUT2D eigenvalue weighted by Crippen LogP contribution is -2.53. The van der Waals surface area contributed by atoms with E-state index in [4.69, 9.17) is 9.84 Å². The predicted octanol–water partition coefficient (Wildman–Crippen LogP) is 1.49. The Bertz CT molecular complexity index is 1120. The van der Waals surface area contributed by atoms with E-state index in [1.807, 2.05) is 30.3 Å². The number of rotatable bonds is 9. The summed E-state index contributed by atoms with van der Waals surface area (Å²) in [6.45, 7) is 1.10. The van der Waals surface area contributed by atoms with Crippen molar-refractivity contribution < 1.29 is 33.8 Å². The fraction of sp³-hybridized carbons (Fsp3) is 0.320. The van der Waals surface area contributed by atoms with Gasteiger partial charge in [-0.05, 0) is 23.8 Å². The number of carboxylic acid groups (broad SMARTS) is 1. The molecule has 0 saturated carbocycles. The summed E-state index contributed by atoms with van der Waals surface area (Å²) >= 11 is 0. The van der Waals surface area contributed by atoms with Gasteiger partial charge in [-0.25, -0.2) is 9.59 Å². The highest BCUT2D eigenvalue weighted by molar-refractivity contribution is 5.98. The average Bonchev–Trinajstić information content (AvgIpc) is 2.91. The molecule has 37 heavy (non-hydrogen) atoms. The summed E-state index contributed by atoms with van der Waals surface area (Å²) in [5, 5.41) is 16.3. The number of ether oxygens (including phenoxy) is 1. The molecule has 0 bridgehead atoms. The molecule has 0 radical (unpaired) electrons. The summed E-state index contributed by atoms with van der Waals surface area (Å²) in [7, 11) is 0. The molecule has 1 fully saturated rings. The van der Waals surface area contributed by atoms with E-state index < -0.39 is 29.9 Å². The van der Waals surface area contributed by atoms with Gasteiger partial charge in [-0.15, -0.1) is 0 Å². The van der Waals surface area contributed by atoms with Gasteiger partial charge in [-0.3, -0.25) is 14.4 Å². The van der Waals surface area contributed by atoms with Gasteiger partial charge in [0.05, 0.1) is 13.0 Å². The van der Waals surface area contributed by atoms with Crippen LogP contribution >= 0.6 is 0 Å². The lowest BCUT2D eigenvalue weighted by atomic mass is 10.2. The van der Waals surface area contributed by atoms with Gasteiger partial charge in [0.15, 0.2) is 0 Å². The molecule has 3 rings (SSSR count). The summed E-state index contributed by atoms with van der Waals surface area (Å²) in [6, 6.07) is 15.1. The molecule has 0 atom stereocenters. The van der Waals surface area contributed by atoms with Crippen molar-refractivity contribution in [2.24, 2.45) is 0 Å². The van der Waals surface area contributed by atoms with Crippen LogP contribution in [0.2, 0.25) is 0 Å². The Balaban J connectivity index is 1.37. The summed E-state index contributed by atoms with van der Waals surface area (Å²) in [4.78, 5) is 62.7. The van der Waals surface area contributed by atoms with E-state index >= 15 is 0 Å². The van der Waals surface area contributed by atoms with E-state index in [1.54, 1.807) is 12.1 Å². The first-order chi connectivity index (χ1) is 17.8. The smallest absolute Gasteiger partial charge is 0.410 e. The SMILES string of the molecule is O=C(O)CCNC(=O)c1cccc(NC(=O)CNC(=O)N2CCN(C(=O)OCc3ccccc3)CC2)c1. The molecule has 4 N–H and O–H groups in total. The number of amides is 5. The van der Waals surface area contributed by atoms with Crippen molar-refractivity contribution in [1.82, 2.24) is 20.4 Å². The molecule has 1 saturated heterocycles. The van der Waals surface area contributed by atoms with E-state index in [1.165, 1.54) is 21.9 Å². The van der Waals surface area contributed by atoms with E-state index in [2.05, 4.69) is 16.0 Å². The Hall–Kier alpha value is -4.61. The minimum Gasteiger partial charge on any atom is -0.481 e. The Kier molecular flexibility index (Phi) is 9.82. The standard InChI is InChI=1S/C25H29N5O7/c31-21(28-20-8-4-7-19(15-20)23(34)26-10-9-22(32)33)16-27-24(35)29-11-13-30(14-12-29)25(36)37-17-18-5-2-1-3-6-18/h1-8,15H,9-14,16-17H2,(H,26,34)(H,27,35)(H,28,31)(H,32,33). The minimum absolute atomic E-state index is 0.0140. The van der Waals surface area contributed by atoms with Gasteiger partial charge in [0.1, 0.15) is 6.61 Å². The molecule has 1 aliphatic rings. The first-order valence-electron chi connectivity index (χ1n) is 11.7.